The molecule has 0 spiro atoms. The van der Waals surface area contributed by atoms with Gasteiger partial charge in [0.1, 0.15) is 0 Å². The molecule has 88 valence electrons. The lowest BCUT2D eigenvalue weighted by atomic mass is 10.1. The van der Waals surface area contributed by atoms with Gasteiger partial charge in [-0.2, -0.15) is 0 Å². The Kier molecular flexibility index (Phi) is 4.39. The van der Waals surface area contributed by atoms with Gasteiger partial charge in [-0.3, -0.25) is 0 Å². The maximum Gasteiger partial charge on any atom is 0.317 e. The summed E-state index contributed by atoms with van der Waals surface area (Å²) in [6, 6.07) is 0.811. The third-order valence-electron chi connectivity index (χ3n) is 2.83. The molecule has 4 heteroatoms. The van der Waals surface area contributed by atoms with Crippen molar-refractivity contribution in [3.63, 3.8) is 0 Å². The number of likely N-dealkylation sites (N-methyl/N-ethyl adjacent to an activating group) is 1. The lowest BCUT2D eigenvalue weighted by molar-refractivity contribution is 0.138. The van der Waals surface area contributed by atoms with Gasteiger partial charge < -0.3 is 15.1 Å². The molecule has 1 aliphatic heterocycles. The fraction of sp³-hybridized carbons (Fsp3) is 0.909. The lowest BCUT2D eigenvalue weighted by Gasteiger charge is -2.36. The van der Waals surface area contributed by atoms with Crippen molar-refractivity contribution in [3.05, 3.63) is 0 Å². The molecule has 1 N–H and O–H groups in total. The Labute approximate surface area is 92.6 Å². The van der Waals surface area contributed by atoms with Crippen molar-refractivity contribution in [3.8, 4) is 0 Å². The molecule has 1 rings (SSSR count). The van der Waals surface area contributed by atoms with Gasteiger partial charge in [0.15, 0.2) is 0 Å². The molecule has 1 heterocycles. The fourth-order valence-electron chi connectivity index (χ4n) is 1.90. The van der Waals surface area contributed by atoms with Crippen LogP contribution in [0, 0.1) is 0 Å². The first-order valence-corrected chi connectivity index (χ1v) is 5.72. The summed E-state index contributed by atoms with van der Waals surface area (Å²) >= 11 is 0. The number of hydrogen-bond donors (Lipinski definition) is 1. The molecule has 1 unspecified atom stereocenters. The zero-order chi connectivity index (χ0) is 11.4. The third kappa shape index (κ3) is 3.70. The van der Waals surface area contributed by atoms with Crippen molar-refractivity contribution in [1.82, 2.24) is 15.1 Å². The van der Waals surface area contributed by atoms with Crippen LogP contribution in [0.1, 0.15) is 26.7 Å². The van der Waals surface area contributed by atoms with Crippen LogP contribution in [0.3, 0.4) is 0 Å². The van der Waals surface area contributed by atoms with Crippen molar-refractivity contribution in [2.75, 3.05) is 27.2 Å². The number of likely N-dealkylation sites (tertiary alicyclic amines) is 1. The van der Waals surface area contributed by atoms with Crippen LogP contribution in [-0.2, 0) is 0 Å². The maximum atomic E-state index is 11.8. The molecule has 1 fully saturated rings. The Balaban J connectivity index is 2.45. The predicted octanol–water partition coefficient (Wildman–Crippen LogP) is 1.13. The fourth-order valence-corrected chi connectivity index (χ4v) is 1.90. The standard InChI is InChI=1S/C11H23N3O/c1-9(2)12-11(15)14-7-5-6-10(8-14)13(3)4/h9-10H,5-8H2,1-4H3,(H,12,15). The van der Waals surface area contributed by atoms with Gasteiger partial charge in [-0.1, -0.05) is 0 Å². The van der Waals surface area contributed by atoms with E-state index in [2.05, 4.69) is 24.3 Å². The Morgan fingerprint density at radius 2 is 2.13 bits per heavy atom. The largest absolute Gasteiger partial charge is 0.336 e. The van der Waals surface area contributed by atoms with Gasteiger partial charge >= 0.3 is 6.03 Å². The molecule has 15 heavy (non-hydrogen) atoms. The smallest absolute Gasteiger partial charge is 0.317 e. The second-order valence-electron chi connectivity index (χ2n) is 4.81. The lowest BCUT2D eigenvalue weighted by Crippen LogP contribution is -2.51. The van der Waals surface area contributed by atoms with E-state index in [9.17, 15) is 4.79 Å². The van der Waals surface area contributed by atoms with E-state index in [1.165, 1.54) is 6.42 Å². The average molecular weight is 213 g/mol. The van der Waals surface area contributed by atoms with Crippen LogP contribution in [0.25, 0.3) is 0 Å². The van der Waals surface area contributed by atoms with Gasteiger partial charge in [0.25, 0.3) is 0 Å². The highest BCUT2D eigenvalue weighted by atomic mass is 16.2. The summed E-state index contributed by atoms with van der Waals surface area (Å²) < 4.78 is 0. The maximum absolute atomic E-state index is 11.8. The van der Waals surface area contributed by atoms with Gasteiger partial charge in [0.2, 0.25) is 0 Å². The Morgan fingerprint density at radius 3 is 2.67 bits per heavy atom. The normalized spacial score (nSPS) is 22.3. The first-order chi connectivity index (χ1) is 7.00. The van der Waals surface area contributed by atoms with E-state index < -0.39 is 0 Å². The second-order valence-corrected chi connectivity index (χ2v) is 4.81. The zero-order valence-electron chi connectivity index (χ0n) is 10.3. The topological polar surface area (TPSA) is 35.6 Å². The molecular weight excluding hydrogens is 190 g/mol. The van der Waals surface area contributed by atoms with Crippen LogP contribution in [-0.4, -0.2) is 55.1 Å². The van der Waals surface area contributed by atoms with E-state index in [-0.39, 0.29) is 12.1 Å². The van der Waals surface area contributed by atoms with Crippen LogP contribution < -0.4 is 5.32 Å². The van der Waals surface area contributed by atoms with Gasteiger partial charge in [0.05, 0.1) is 0 Å². The molecule has 0 aromatic rings. The predicted molar refractivity (Wildman–Crippen MR) is 61.9 cm³/mol. The van der Waals surface area contributed by atoms with E-state index in [0.29, 0.717) is 6.04 Å². The van der Waals surface area contributed by atoms with Crippen molar-refractivity contribution in [1.29, 1.82) is 0 Å². The number of hydrogen-bond acceptors (Lipinski definition) is 2. The zero-order valence-corrected chi connectivity index (χ0v) is 10.3. The first-order valence-electron chi connectivity index (χ1n) is 5.72. The Bertz CT molecular complexity index is 216. The molecule has 0 aliphatic carbocycles. The number of amides is 2. The molecule has 0 bridgehead atoms. The van der Waals surface area contributed by atoms with E-state index in [1.807, 2.05) is 18.7 Å². The van der Waals surface area contributed by atoms with E-state index in [1.54, 1.807) is 0 Å². The SMILES string of the molecule is CC(C)NC(=O)N1CCCC(N(C)C)C1. The van der Waals surface area contributed by atoms with Gasteiger partial charge in [-0.05, 0) is 40.8 Å². The highest BCUT2D eigenvalue weighted by Gasteiger charge is 2.24. The number of piperidine rings is 1. The van der Waals surface area contributed by atoms with Gasteiger partial charge in [0, 0.05) is 25.2 Å². The summed E-state index contributed by atoms with van der Waals surface area (Å²) in [5, 5.41) is 2.94. The summed E-state index contributed by atoms with van der Waals surface area (Å²) in [6.07, 6.45) is 2.30. The summed E-state index contributed by atoms with van der Waals surface area (Å²) in [6.45, 7) is 5.73. The van der Waals surface area contributed by atoms with Crippen LogP contribution >= 0.6 is 0 Å². The quantitative estimate of drug-likeness (QED) is 0.746. The molecule has 0 aromatic carbocycles. The third-order valence-corrected chi connectivity index (χ3v) is 2.83. The Hall–Kier alpha value is -0.770. The molecule has 1 aliphatic rings. The van der Waals surface area contributed by atoms with Crippen molar-refractivity contribution >= 4 is 6.03 Å². The molecular formula is C11H23N3O. The summed E-state index contributed by atoms with van der Waals surface area (Å²) in [5.74, 6) is 0. The van der Waals surface area contributed by atoms with Crippen LogP contribution in [0.5, 0.6) is 0 Å². The minimum absolute atomic E-state index is 0.0801. The summed E-state index contributed by atoms with van der Waals surface area (Å²) in [5.41, 5.74) is 0. The number of carbonyl (C=O) groups excluding carboxylic acids is 1. The minimum Gasteiger partial charge on any atom is -0.336 e. The summed E-state index contributed by atoms with van der Waals surface area (Å²) in [4.78, 5) is 15.9. The van der Waals surface area contributed by atoms with E-state index >= 15 is 0 Å². The highest BCUT2D eigenvalue weighted by Crippen LogP contribution is 2.13. The number of carbonyl (C=O) groups is 1. The van der Waals surface area contributed by atoms with E-state index in [0.717, 1.165) is 19.5 Å². The molecule has 4 nitrogen and oxygen atoms in total. The van der Waals surface area contributed by atoms with E-state index in [4.69, 9.17) is 0 Å². The monoisotopic (exact) mass is 213 g/mol. The molecule has 0 radical (unpaired) electrons. The molecule has 2 amide bonds. The van der Waals surface area contributed by atoms with Crippen molar-refractivity contribution in [2.24, 2.45) is 0 Å². The van der Waals surface area contributed by atoms with Crippen LogP contribution in [0.2, 0.25) is 0 Å². The first kappa shape index (κ1) is 12.3. The van der Waals surface area contributed by atoms with Crippen LogP contribution in [0.15, 0.2) is 0 Å². The number of nitrogens with one attached hydrogen (secondary N) is 1. The van der Waals surface area contributed by atoms with Crippen LogP contribution in [0.4, 0.5) is 4.79 Å². The molecule has 0 saturated carbocycles. The van der Waals surface area contributed by atoms with Gasteiger partial charge in [-0.15, -0.1) is 0 Å². The van der Waals surface area contributed by atoms with Gasteiger partial charge in [-0.25, -0.2) is 4.79 Å². The van der Waals surface area contributed by atoms with Crippen molar-refractivity contribution < 1.29 is 4.79 Å². The Morgan fingerprint density at radius 1 is 1.47 bits per heavy atom. The van der Waals surface area contributed by atoms with Crippen molar-refractivity contribution in [2.45, 2.75) is 38.8 Å². The summed E-state index contributed by atoms with van der Waals surface area (Å²) in [7, 11) is 4.16. The molecule has 0 aromatic heterocycles. The average Bonchev–Trinajstić information content (AvgIpc) is 2.17. The minimum atomic E-state index is 0.0801. The molecule has 1 atom stereocenters. The highest BCUT2D eigenvalue weighted by molar-refractivity contribution is 5.74. The second kappa shape index (κ2) is 5.35. The number of urea groups is 1. The number of nitrogens with zero attached hydrogens (tertiary/aromatic N) is 2. The number of rotatable bonds is 2. The molecule has 1 saturated heterocycles.